The second-order valence-electron chi connectivity index (χ2n) is 4.26. The zero-order valence-electron chi connectivity index (χ0n) is 8.49. The molecular formula is C10H18N2O. The van der Waals surface area contributed by atoms with Gasteiger partial charge in [0, 0.05) is 31.6 Å². The van der Waals surface area contributed by atoms with E-state index in [9.17, 15) is 4.79 Å². The molecule has 3 nitrogen and oxygen atoms in total. The third-order valence-electron chi connectivity index (χ3n) is 3.26. The molecule has 2 fully saturated rings. The molecule has 2 aliphatic rings. The molecule has 0 saturated carbocycles. The van der Waals surface area contributed by atoms with Crippen LogP contribution >= 0.6 is 0 Å². The summed E-state index contributed by atoms with van der Waals surface area (Å²) in [6.07, 6.45) is 3.08. The Morgan fingerprint density at radius 2 is 1.85 bits per heavy atom. The standard InChI is InChI=1S/C10H18N2O/c1-3-10(13)12-8-4-5-9(12)7-11(2)6-8/h8-9H,3-7H2,1-2H3. The molecule has 2 heterocycles. The van der Waals surface area contributed by atoms with Crippen LogP contribution in [-0.4, -0.2) is 47.9 Å². The molecule has 74 valence electrons. The van der Waals surface area contributed by atoms with Gasteiger partial charge in [-0.25, -0.2) is 0 Å². The Hall–Kier alpha value is -0.570. The van der Waals surface area contributed by atoms with Crippen LogP contribution in [0.3, 0.4) is 0 Å². The Kier molecular flexibility index (Phi) is 2.28. The Morgan fingerprint density at radius 3 is 2.31 bits per heavy atom. The minimum atomic E-state index is 0.348. The van der Waals surface area contributed by atoms with Gasteiger partial charge in [0.05, 0.1) is 0 Å². The normalized spacial score (nSPS) is 33.8. The lowest BCUT2D eigenvalue weighted by Crippen LogP contribution is -2.54. The molecule has 2 unspecified atom stereocenters. The van der Waals surface area contributed by atoms with E-state index in [1.807, 2.05) is 6.92 Å². The van der Waals surface area contributed by atoms with E-state index < -0.39 is 0 Å². The monoisotopic (exact) mass is 182 g/mol. The van der Waals surface area contributed by atoms with Crippen LogP contribution in [-0.2, 0) is 4.79 Å². The fraction of sp³-hybridized carbons (Fsp3) is 0.900. The van der Waals surface area contributed by atoms with Crippen LogP contribution in [0.1, 0.15) is 26.2 Å². The largest absolute Gasteiger partial charge is 0.334 e. The quantitative estimate of drug-likeness (QED) is 0.596. The fourth-order valence-corrected chi connectivity index (χ4v) is 2.70. The SMILES string of the molecule is CCC(=O)N1C2CCC1CN(C)C2. The molecule has 0 aromatic carbocycles. The Labute approximate surface area is 79.7 Å². The minimum absolute atomic E-state index is 0.348. The summed E-state index contributed by atoms with van der Waals surface area (Å²) in [5, 5.41) is 0. The van der Waals surface area contributed by atoms with Gasteiger partial charge in [0.25, 0.3) is 0 Å². The second kappa shape index (κ2) is 3.29. The molecule has 2 atom stereocenters. The van der Waals surface area contributed by atoms with Crippen molar-refractivity contribution in [1.82, 2.24) is 9.80 Å². The highest BCUT2D eigenvalue weighted by molar-refractivity contribution is 5.77. The Bertz CT molecular complexity index is 203. The van der Waals surface area contributed by atoms with E-state index in [1.54, 1.807) is 0 Å². The third kappa shape index (κ3) is 1.46. The van der Waals surface area contributed by atoms with Crippen molar-refractivity contribution in [2.75, 3.05) is 20.1 Å². The molecule has 0 spiro atoms. The lowest BCUT2D eigenvalue weighted by Gasteiger charge is -2.39. The zero-order chi connectivity index (χ0) is 9.42. The number of carbonyl (C=O) groups excluding carboxylic acids is 1. The summed E-state index contributed by atoms with van der Waals surface area (Å²) in [5.41, 5.74) is 0. The van der Waals surface area contributed by atoms with Crippen molar-refractivity contribution < 1.29 is 4.79 Å². The number of hydrogen-bond acceptors (Lipinski definition) is 2. The number of piperazine rings is 1. The van der Waals surface area contributed by atoms with Crippen molar-refractivity contribution >= 4 is 5.91 Å². The lowest BCUT2D eigenvalue weighted by atomic mass is 10.2. The molecule has 2 bridgehead atoms. The van der Waals surface area contributed by atoms with Crippen LogP contribution in [0.15, 0.2) is 0 Å². The second-order valence-corrected chi connectivity index (χ2v) is 4.26. The first-order valence-corrected chi connectivity index (χ1v) is 5.22. The van der Waals surface area contributed by atoms with Crippen LogP contribution in [0.5, 0.6) is 0 Å². The van der Waals surface area contributed by atoms with Gasteiger partial charge in [-0.15, -0.1) is 0 Å². The highest BCUT2D eigenvalue weighted by atomic mass is 16.2. The van der Waals surface area contributed by atoms with Crippen LogP contribution in [0.25, 0.3) is 0 Å². The number of hydrogen-bond donors (Lipinski definition) is 0. The maximum absolute atomic E-state index is 11.6. The highest BCUT2D eigenvalue weighted by Gasteiger charge is 2.40. The summed E-state index contributed by atoms with van der Waals surface area (Å²) in [6.45, 7) is 4.10. The molecule has 0 N–H and O–H groups in total. The maximum Gasteiger partial charge on any atom is 0.222 e. The maximum atomic E-state index is 11.6. The van der Waals surface area contributed by atoms with Crippen molar-refractivity contribution in [3.63, 3.8) is 0 Å². The van der Waals surface area contributed by atoms with Crippen LogP contribution in [0.2, 0.25) is 0 Å². The number of carbonyl (C=O) groups is 1. The van der Waals surface area contributed by atoms with Crippen LogP contribution in [0.4, 0.5) is 0 Å². The highest BCUT2D eigenvalue weighted by Crippen LogP contribution is 2.29. The predicted octanol–water partition coefficient (Wildman–Crippen LogP) is 0.701. The van der Waals surface area contributed by atoms with Gasteiger partial charge < -0.3 is 9.80 Å². The van der Waals surface area contributed by atoms with Gasteiger partial charge in [0.15, 0.2) is 0 Å². The summed E-state index contributed by atoms with van der Waals surface area (Å²) < 4.78 is 0. The molecule has 2 saturated heterocycles. The molecule has 0 aliphatic carbocycles. The smallest absolute Gasteiger partial charge is 0.222 e. The van der Waals surface area contributed by atoms with E-state index >= 15 is 0 Å². The third-order valence-corrected chi connectivity index (χ3v) is 3.26. The molecule has 3 heteroatoms. The first-order chi connectivity index (χ1) is 6.22. The first kappa shape index (κ1) is 9.00. The van der Waals surface area contributed by atoms with E-state index in [1.165, 1.54) is 12.8 Å². The molecule has 13 heavy (non-hydrogen) atoms. The van der Waals surface area contributed by atoms with Gasteiger partial charge in [-0.3, -0.25) is 4.79 Å². The van der Waals surface area contributed by atoms with Gasteiger partial charge in [-0.2, -0.15) is 0 Å². The van der Waals surface area contributed by atoms with Crippen LogP contribution in [0, 0.1) is 0 Å². The average molecular weight is 182 g/mol. The first-order valence-electron chi connectivity index (χ1n) is 5.22. The van der Waals surface area contributed by atoms with Gasteiger partial charge in [0.2, 0.25) is 5.91 Å². The summed E-state index contributed by atoms with van der Waals surface area (Å²) in [5.74, 6) is 0.348. The van der Waals surface area contributed by atoms with E-state index in [4.69, 9.17) is 0 Å². The number of likely N-dealkylation sites (tertiary alicyclic amines) is 1. The molecular weight excluding hydrogens is 164 g/mol. The van der Waals surface area contributed by atoms with Crippen molar-refractivity contribution in [3.05, 3.63) is 0 Å². The van der Waals surface area contributed by atoms with Gasteiger partial charge in [0.1, 0.15) is 0 Å². The van der Waals surface area contributed by atoms with E-state index in [0.717, 1.165) is 13.1 Å². The predicted molar refractivity (Wildman–Crippen MR) is 51.4 cm³/mol. The zero-order valence-corrected chi connectivity index (χ0v) is 8.49. The van der Waals surface area contributed by atoms with Crippen molar-refractivity contribution in [2.45, 2.75) is 38.3 Å². The fourth-order valence-electron chi connectivity index (χ4n) is 2.70. The van der Waals surface area contributed by atoms with E-state index in [-0.39, 0.29) is 0 Å². The molecule has 0 radical (unpaired) electrons. The molecule has 0 aromatic rings. The minimum Gasteiger partial charge on any atom is -0.334 e. The van der Waals surface area contributed by atoms with Gasteiger partial charge >= 0.3 is 0 Å². The number of amides is 1. The lowest BCUT2D eigenvalue weighted by molar-refractivity contribution is -0.136. The summed E-state index contributed by atoms with van der Waals surface area (Å²) in [7, 11) is 2.15. The molecule has 2 aliphatic heterocycles. The molecule has 1 amide bonds. The van der Waals surface area contributed by atoms with Crippen molar-refractivity contribution in [2.24, 2.45) is 0 Å². The number of fused-ring (bicyclic) bond motifs is 2. The van der Waals surface area contributed by atoms with Crippen LogP contribution < -0.4 is 0 Å². The van der Waals surface area contributed by atoms with Gasteiger partial charge in [-0.05, 0) is 19.9 Å². The van der Waals surface area contributed by atoms with Crippen molar-refractivity contribution in [1.29, 1.82) is 0 Å². The number of rotatable bonds is 1. The van der Waals surface area contributed by atoms with E-state index in [0.29, 0.717) is 24.4 Å². The number of nitrogens with zero attached hydrogens (tertiary/aromatic N) is 2. The van der Waals surface area contributed by atoms with Gasteiger partial charge in [-0.1, -0.05) is 6.92 Å². The summed E-state index contributed by atoms with van der Waals surface area (Å²) >= 11 is 0. The van der Waals surface area contributed by atoms with Crippen molar-refractivity contribution in [3.8, 4) is 0 Å². The average Bonchev–Trinajstić information content (AvgIpc) is 2.37. The summed E-state index contributed by atoms with van der Waals surface area (Å²) in [6, 6.07) is 1.02. The summed E-state index contributed by atoms with van der Waals surface area (Å²) in [4.78, 5) is 16.1. The topological polar surface area (TPSA) is 23.6 Å². The Morgan fingerprint density at radius 1 is 1.31 bits per heavy atom. The molecule has 2 rings (SSSR count). The van der Waals surface area contributed by atoms with E-state index in [2.05, 4.69) is 16.8 Å². The molecule has 0 aromatic heterocycles. The Balaban J connectivity index is 2.10. The number of likely N-dealkylation sites (N-methyl/N-ethyl adjacent to an activating group) is 1.